The Hall–Kier alpha value is -2.46. The third kappa shape index (κ3) is 3.64. The minimum atomic E-state index is -4.70. The molecule has 2 N–H and O–H groups in total. The molecule has 0 bridgehead atoms. The normalized spacial score (nSPS) is 13.2. The number of alkyl halides is 3. The van der Waals surface area contributed by atoms with Crippen molar-refractivity contribution in [3.63, 3.8) is 0 Å². The highest BCUT2D eigenvalue weighted by atomic mass is 35.5. The van der Waals surface area contributed by atoms with E-state index in [0.717, 1.165) is 6.07 Å². The second kappa shape index (κ2) is 6.45. The van der Waals surface area contributed by atoms with Gasteiger partial charge in [-0.3, -0.25) is 0 Å². The van der Waals surface area contributed by atoms with E-state index in [0.29, 0.717) is 4.52 Å². The molecule has 132 valence electrons. The third-order valence-electron chi connectivity index (χ3n) is 3.32. The zero-order valence-corrected chi connectivity index (χ0v) is 13.1. The Bertz CT molecular complexity index is 914. The number of nitrogens with one attached hydrogen (secondary N) is 1. The second-order valence-electron chi connectivity index (χ2n) is 5.08. The number of hydrogen-bond acceptors (Lipinski definition) is 5. The van der Waals surface area contributed by atoms with Gasteiger partial charge in [0.05, 0.1) is 11.1 Å². The smallest absolute Gasteiger partial charge is 0.387 e. The van der Waals surface area contributed by atoms with Crippen molar-refractivity contribution in [2.75, 3.05) is 11.9 Å². The highest BCUT2D eigenvalue weighted by Crippen LogP contribution is 2.27. The first-order chi connectivity index (χ1) is 11.8. The monoisotopic (exact) mass is 375 g/mol. The Labute approximate surface area is 143 Å². The Kier molecular flexibility index (Phi) is 4.48. The molecule has 3 aromatic rings. The van der Waals surface area contributed by atoms with Gasteiger partial charge in [-0.1, -0.05) is 17.7 Å². The number of anilines is 1. The van der Waals surface area contributed by atoms with Crippen LogP contribution in [0.2, 0.25) is 5.02 Å². The van der Waals surface area contributed by atoms with E-state index < -0.39 is 23.9 Å². The van der Waals surface area contributed by atoms with Gasteiger partial charge < -0.3 is 10.4 Å². The first-order valence-corrected chi connectivity index (χ1v) is 7.30. The molecule has 0 fully saturated rings. The second-order valence-corrected chi connectivity index (χ2v) is 5.49. The summed E-state index contributed by atoms with van der Waals surface area (Å²) in [5.74, 6) is -1.88. The molecule has 11 heteroatoms. The van der Waals surface area contributed by atoms with Gasteiger partial charge in [0.25, 0.3) is 5.82 Å². The van der Waals surface area contributed by atoms with Crippen LogP contribution in [0.15, 0.2) is 30.3 Å². The van der Waals surface area contributed by atoms with Gasteiger partial charge in [0, 0.05) is 6.54 Å². The van der Waals surface area contributed by atoms with E-state index in [9.17, 15) is 22.7 Å². The van der Waals surface area contributed by atoms with Crippen LogP contribution in [0, 0.1) is 5.82 Å². The molecule has 3 rings (SSSR count). The van der Waals surface area contributed by atoms with E-state index in [4.69, 9.17) is 11.6 Å². The molecule has 1 aromatic carbocycles. The van der Waals surface area contributed by atoms with E-state index in [1.54, 1.807) is 0 Å². The zero-order valence-electron chi connectivity index (χ0n) is 12.3. The predicted molar refractivity (Wildman–Crippen MR) is 80.6 cm³/mol. The van der Waals surface area contributed by atoms with Crippen molar-refractivity contribution in [1.82, 2.24) is 19.8 Å². The van der Waals surface area contributed by atoms with Crippen molar-refractivity contribution in [3.05, 3.63) is 52.6 Å². The molecule has 2 heterocycles. The molecule has 0 aliphatic rings. The molecule has 1 unspecified atom stereocenters. The molecule has 0 amide bonds. The lowest BCUT2D eigenvalue weighted by Crippen LogP contribution is -2.16. The van der Waals surface area contributed by atoms with Crippen molar-refractivity contribution < 1.29 is 22.7 Å². The minimum absolute atomic E-state index is 0.0614. The maximum absolute atomic E-state index is 13.4. The fourth-order valence-electron chi connectivity index (χ4n) is 2.10. The number of aliphatic hydroxyl groups is 1. The zero-order chi connectivity index (χ0) is 18.2. The SMILES string of the molecule is OC(CNc1ccc2nnc(C(F)(F)F)n2n1)c1ccc(Cl)c(F)c1. The van der Waals surface area contributed by atoms with Gasteiger partial charge >= 0.3 is 6.18 Å². The van der Waals surface area contributed by atoms with E-state index in [1.807, 2.05) is 0 Å². The molecule has 0 radical (unpaired) electrons. The quantitative estimate of drug-likeness (QED) is 0.685. The molecule has 25 heavy (non-hydrogen) atoms. The van der Waals surface area contributed by atoms with E-state index in [1.165, 1.54) is 24.3 Å². The summed E-state index contributed by atoms with van der Waals surface area (Å²) in [4.78, 5) is 0. The molecule has 0 saturated carbocycles. The summed E-state index contributed by atoms with van der Waals surface area (Å²) >= 11 is 5.57. The van der Waals surface area contributed by atoms with Crippen molar-refractivity contribution in [2.24, 2.45) is 0 Å². The number of benzene rings is 1. The van der Waals surface area contributed by atoms with Gasteiger partial charge in [0.15, 0.2) is 5.65 Å². The first kappa shape index (κ1) is 17.4. The van der Waals surface area contributed by atoms with Crippen LogP contribution in [-0.4, -0.2) is 31.5 Å². The number of fused-ring (bicyclic) bond motifs is 1. The highest BCUT2D eigenvalue weighted by Gasteiger charge is 2.37. The number of aliphatic hydroxyl groups excluding tert-OH is 1. The van der Waals surface area contributed by atoms with Crippen molar-refractivity contribution >= 4 is 23.1 Å². The van der Waals surface area contributed by atoms with Crippen LogP contribution >= 0.6 is 11.6 Å². The van der Waals surface area contributed by atoms with Crippen LogP contribution in [0.5, 0.6) is 0 Å². The number of aromatic nitrogens is 4. The van der Waals surface area contributed by atoms with Crippen LogP contribution in [-0.2, 0) is 6.18 Å². The van der Waals surface area contributed by atoms with Crippen LogP contribution in [0.4, 0.5) is 23.4 Å². The maximum Gasteiger partial charge on any atom is 0.453 e. The van der Waals surface area contributed by atoms with Gasteiger partial charge in [0.2, 0.25) is 0 Å². The molecule has 0 spiro atoms. The van der Waals surface area contributed by atoms with Crippen LogP contribution in [0.25, 0.3) is 5.65 Å². The minimum Gasteiger partial charge on any atom is -0.387 e. The Balaban J connectivity index is 1.77. The summed E-state index contributed by atoms with van der Waals surface area (Å²) < 4.78 is 52.4. The molecule has 0 saturated heterocycles. The summed E-state index contributed by atoms with van der Waals surface area (Å²) in [6.07, 6.45) is -5.82. The molecular weight excluding hydrogens is 366 g/mol. The fraction of sp³-hybridized carbons (Fsp3) is 0.214. The molecule has 6 nitrogen and oxygen atoms in total. The van der Waals surface area contributed by atoms with Crippen molar-refractivity contribution in [3.8, 4) is 0 Å². The van der Waals surface area contributed by atoms with Crippen molar-refractivity contribution in [1.29, 1.82) is 0 Å². The molecule has 0 aliphatic heterocycles. The van der Waals surface area contributed by atoms with Gasteiger partial charge in [-0.2, -0.15) is 17.7 Å². The van der Waals surface area contributed by atoms with E-state index in [2.05, 4.69) is 20.6 Å². The number of nitrogens with zero attached hydrogens (tertiary/aromatic N) is 4. The molecule has 1 atom stereocenters. The van der Waals surface area contributed by atoms with Gasteiger partial charge in [0.1, 0.15) is 11.6 Å². The predicted octanol–water partition coefficient (Wildman–Crippen LogP) is 3.08. The van der Waals surface area contributed by atoms with Gasteiger partial charge in [-0.05, 0) is 29.8 Å². The average Bonchev–Trinajstić information content (AvgIpc) is 2.98. The Morgan fingerprint density at radius 1 is 1.20 bits per heavy atom. The van der Waals surface area contributed by atoms with Crippen LogP contribution in [0.1, 0.15) is 17.5 Å². The third-order valence-corrected chi connectivity index (χ3v) is 3.63. The standard InChI is InChI=1S/C14H10ClF4N5O/c15-8-2-1-7(5-9(8)16)10(25)6-20-11-3-4-12-21-22-13(14(17,18)19)24(12)23-11/h1-5,10,25H,6H2,(H,20,23). The summed E-state index contributed by atoms with van der Waals surface area (Å²) in [5, 5.41) is 22.8. The summed E-state index contributed by atoms with van der Waals surface area (Å²) in [6.45, 7) is -0.108. The lowest BCUT2D eigenvalue weighted by molar-refractivity contribution is -0.146. The molecule has 0 aliphatic carbocycles. The van der Waals surface area contributed by atoms with E-state index in [-0.39, 0.29) is 28.6 Å². The van der Waals surface area contributed by atoms with Crippen LogP contribution < -0.4 is 5.32 Å². The number of halogens is 5. The van der Waals surface area contributed by atoms with Crippen LogP contribution in [0.3, 0.4) is 0 Å². The van der Waals surface area contributed by atoms with Gasteiger partial charge in [-0.25, -0.2) is 4.39 Å². The summed E-state index contributed by atoms with van der Waals surface area (Å²) in [7, 11) is 0. The Morgan fingerprint density at radius 3 is 2.64 bits per heavy atom. The maximum atomic E-state index is 13.4. The number of rotatable bonds is 4. The molecular formula is C14H10ClF4N5O. The number of hydrogen-bond donors (Lipinski definition) is 2. The highest BCUT2D eigenvalue weighted by molar-refractivity contribution is 6.30. The Morgan fingerprint density at radius 2 is 1.96 bits per heavy atom. The van der Waals surface area contributed by atoms with Gasteiger partial charge in [-0.15, -0.1) is 15.3 Å². The lowest BCUT2D eigenvalue weighted by Gasteiger charge is -2.13. The summed E-state index contributed by atoms with van der Waals surface area (Å²) in [5.41, 5.74) is 0.189. The molecule has 2 aromatic heterocycles. The average molecular weight is 376 g/mol. The summed E-state index contributed by atoms with van der Waals surface area (Å²) in [6, 6.07) is 6.50. The van der Waals surface area contributed by atoms with E-state index >= 15 is 0 Å². The fourth-order valence-corrected chi connectivity index (χ4v) is 2.22. The first-order valence-electron chi connectivity index (χ1n) is 6.92. The topological polar surface area (TPSA) is 75.3 Å². The largest absolute Gasteiger partial charge is 0.453 e. The van der Waals surface area contributed by atoms with Crippen molar-refractivity contribution in [2.45, 2.75) is 12.3 Å². The lowest BCUT2D eigenvalue weighted by atomic mass is 10.1.